The van der Waals surface area contributed by atoms with Gasteiger partial charge in [-0.1, -0.05) is 24.1 Å². The van der Waals surface area contributed by atoms with Crippen LogP contribution in [0.4, 0.5) is 0 Å². The second-order valence-corrected chi connectivity index (χ2v) is 5.33. The summed E-state index contributed by atoms with van der Waals surface area (Å²) < 4.78 is 0. The molecule has 0 bridgehead atoms. The number of benzene rings is 1. The first-order chi connectivity index (χ1) is 8.63. The number of halogens is 2. The molecule has 106 valence electrons. The molecule has 2 rings (SSSR count). The number of carbonyl (C=O) groups excluding carboxylic acids is 1. The molecule has 1 aromatic carbocycles. The van der Waals surface area contributed by atoms with E-state index in [2.05, 4.69) is 5.32 Å². The summed E-state index contributed by atoms with van der Waals surface area (Å²) in [5.41, 5.74) is 7.21. The number of rotatable bonds is 3. The molecular formula is C14H20Cl2N2O. The Morgan fingerprint density at radius 3 is 2.89 bits per heavy atom. The summed E-state index contributed by atoms with van der Waals surface area (Å²) in [5.74, 6) is 0.369. The molecule has 2 unspecified atom stereocenters. The molecule has 3 N–H and O–H groups in total. The van der Waals surface area contributed by atoms with Gasteiger partial charge in [0.1, 0.15) is 0 Å². The number of nitrogens with one attached hydrogen (secondary N) is 1. The van der Waals surface area contributed by atoms with Crippen LogP contribution in [0.5, 0.6) is 0 Å². The second kappa shape index (κ2) is 7.13. The van der Waals surface area contributed by atoms with Crippen LogP contribution in [0.25, 0.3) is 0 Å². The van der Waals surface area contributed by atoms with Gasteiger partial charge in [0.15, 0.2) is 0 Å². The fourth-order valence-electron chi connectivity index (χ4n) is 2.61. The van der Waals surface area contributed by atoms with Gasteiger partial charge in [0, 0.05) is 16.6 Å². The SMILES string of the molecule is Cc1c(Cl)cccc1C(=O)NC1CCCC1CN.Cl. The van der Waals surface area contributed by atoms with E-state index in [-0.39, 0.29) is 24.4 Å². The van der Waals surface area contributed by atoms with Crippen molar-refractivity contribution in [2.24, 2.45) is 11.7 Å². The summed E-state index contributed by atoms with van der Waals surface area (Å²) in [7, 11) is 0. The molecule has 1 saturated carbocycles. The zero-order valence-electron chi connectivity index (χ0n) is 11.0. The normalized spacial score (nSPS) is 21.8. The van der Waals surface area contributed by atoms with Crippen LogP contribution in [-0.4, -0.2) is 18.5 Å². The minimum absolute atomic E-state index is 0. The maximum absolute atomic E-state index is 12.2. The summed E-state index contributed by atoms with van der Waals surface area (Å²) in [6.45, 7) is 2.51. The third kappa shape index (κ3) is 3.62. The molecule has 0 radical (unpaired) electrons. The Bertz CT molecular complexity index is 451. The molecule has 1 aliphatic carbocycles. The molecule has 2 atom stereocenters. The highest BCUT2D eigenvalue weighted by molar-refractivity contribution is 6.31. The Balaban J connectivity index is 0.00000180. The molecule has 1 aliphatic rings. The van der Waals surface area contributed by atoms with Crippen molar-refractivity contribution >= 4 is 29.9 Å². The average molecular weight is 303 g/mol. The van der Waals surface area contributed by atoms with Gasteiger partial charge in [-0.3, -0.25) is 4.79 Å². The minimum atomic E-state index is -0.0413. The highest BCUT2D eigenvalue weighted by atomic mass is 35.5. The molecule has 19 heavy (non-hydrogen) atoms. The maximum atomic E-state index is 12.2. The predicted octanol–water partition coefficient (Wildman–Crippen LogP) is 2.93. The van der Waals surface area contributed by atoms with Crippen LogP contribution in [0.15, 0.2) is 18.2 Å². The van der Waals surface area contributed by atoms with Gasteiger partial charge in [-0.15, -0.1) is 12.4 Å². The van der Waals surface area contributed by atoms with E-state index in [0.717, 1.165) is 24.8 Å². The van der Waals surface area contributed by atoms with Crippen LogP contribution < -0.4 is 11.1 Å². The molecule has 1 amide bonds. The van der Waals surface area contributed by atoms with Gasteiger partial charge in [-0.25, -0.2) is 0 Å². The number of carbonyl (C=O) groups is 1. The van der Waals surface area contributed by atoms with Crippen molar-refractivity contribution in [1.82, 2.24) is 5.32 Å². The molecule has 1 aromatic rings. The fraction of sp³-hybridized carbons (Fsp3) is 0.500. The first-order valence-corrected chi connectivity index (χ1v) is 6.77. The van der Waals surface area contributed by atoms with Crippen LogP contribution in [0.2, 0.25) is 5.02 Å². The second-order valence-electron chi connectivity index (χ2n) is 4.92. The van der Waals surface area contributed by atoms with Gasteiger partial charge in [0.2, 0.25) is 0 Å². The fourth-order valence-corrected chi connectivity index (χ4v) is 2.78. The molecule has 1 fully saturated rings. The minimum Gasteiger partial charge on any atom is -0.349 e. The van der Waals surface area contributed by atoms with Crippen LogP contribution in [0, 0.1) is 12.8 Å². The predicted molar refractivity (Wildman–Crippen MR) is 81.1 cm³/mol. The summed E-state index contributed by atoms with van der Waals surface area (Å²) >= 11 is 6.03. The summed E-state index contributed by atoms with van der Waals surface area (Å²) in [6, 6.07) is 5.62. The maximum Gasteiger partial charge on any atom is 0.251 e. The Hall–Kier alpha value is -0.770. The van der Waals surface area contributed by atoms with E-state index in [1.54, 1.807) is 12.1 Å². The zero-order chi connectivity index (χ0) is 13.1. The molecule has 0 heterocycles. The molecular weight excluding hydrogens is 283 g/mol. The Labute approximate surface area is 125 Å². The monoisotopic (exact) mass is 302 g/mol. The lowest BCUT2D eigenvalue weighted by Gasteiger charge is -2.20. The number of nitrogens with two attached hydrogens (primary N) is 1. The third-order valence-electron chi connectivity index (χ3n) is 3.79. The molecule has 0 spiro atoms. The quantitative estimate of drug-likeness (QED) is 0.902. The van der Waals surface area contributed by atoms with Gasteiger partial charge < -0.3 is 11.1 Å². The van der Waals surface area contributed by atoms with Gasteiger partial charge in [0.05, 0.1) is 0 Å². The summed E-state index contributed by atoms with van der Waals surface area (Å²) in [6.07, 6.45) is 3.27. The van der Waals surface area contributed by atoms with E-state index in [0.29, 0.717) is 23.0 Å². The smallest absolute Gasteiger partial charge is 0.251 e. The van der Waals surface area contributed by atoms with Crippen LogP contribution in [0.3, 0.4) is 0 Å². The highest BCUT2D eigenvalue weighted by Gasteiger charge is 2.27. The largest absolute Gasteiger partial charge is 0.349 e. The number of hydrogen-bond donors (Lipinski definition) is 2. The van der Waals surface area contributed by atoms with Crippen molar-refractivity contribution in [3.63, 3.8) is 0 Å². The molecule has 0 aliphatic heterocycles. The van der Waals surface area contributed by atoms with E-state index < -0.39 is 0 Å². The van der Waals surface area contributed by atoms with Gasteiger partial charge in [-0.2, -0.15) is 0 Å². The number of hydrogen-bond acceptors (Lipinski definition) is 2. The van der Waals surface area contributed by atoms with Crippen molar-refractivity contribution < 1.29 is 4.79 Å². The third-order valence-corrected chi connectivity index (χ3v) is 4.20. The number of amides is 1. The Morgan fingerprint density at radius 1 is 1.47 bits per heavy atom. The lowest BCUT2D eigenvalue weighted by molar-refractivity contribution is 0.0928. The highest BCUT2D eigenvalue weighted by Crippen LogP contribution is 2.25. The van der Waals surface area contributed by atoms with Crippen LogP contribution in [0.1, 0.15) is 35.2 Å². The van der Waals surface area contributed by atoms with Crippen LogP contribution >= 0.6 is 24.0 Å². The van der Waals surface area contributed by atoms with Crippen molar-refractivity contribution in [2.75, 3.05) is 6.54 Å². The molecule has 0 aromatic heterocycles. The topological polar surface area (TPSA) is 55.1 Å². The molecule has 3 nitrogen and oxygen atoms in total. The first kappa shape index (κ1) is 16.3. The standard InChI is InChI=1S/C14H19ClN2O.ClH/c1-9-11(5-3-6-12(9)15)14(18)17-13-7-2-4-10(13)8-16;/h3,5-6,10,13H,2,4,7-8,16H2,1H3,(H,17,18);1H. The lowest BCUT2D eigenvalue weighted by atomic mass is 10.0. The van der Waals surface area contributed by atoms with E-state index in [4.69, 9.17) is 17.3 Å². The lowest BCUT2D eigenvalue weighted by Crippen LogP contribution is -2.40. The summed E-state index contributed by atoms with van der Waals surface area (Å²) in [4.78, 5) is 12.2. The molecule has 5 heteroatoms. The average Bonchev–Trinajstić information content (AvgIpc) is 2.79. The van der Waals surface area contributed by atoms with Crippen molar-refractivity contribution in [1.29, 1.82) is 0 Å². The van der Waals surface area contributed by atoms with Gasteiger partial charge >= 0.3 is 0 Å². The first-order valence-electron chi connectivity index (χ1n) is 6.39. The van der Waals surface area contributed by atoms with E-state index in [1.165, 1.54) is 0 Å². The van der Waals surface area contributed by atoms with Gasteiger partial charge in [0.25, 0.3) is 5.91 Å². The van der Waals surface area contributed by atoms with Crippen molar-refractivity contribution in [3.8, 4) is 0 Å². The Kier molecular flexibility index (Phi) is 6.11. The van der Waals surface area contributed by atoms with E-state index in [1.807, 2.05) is 13.0 Å². The summed E-state index contributed by atoms with van der Waals surface area (Å²) in [5, 5.41) is 3.72. The van der Waals surface area contributed by atoms with E-state index >= 15 is 0 Å². The van der Waals surface area contributed by atoms with Gasteiger partial charge in [-0.05, 0) is 49.9 Å². The Morgan fingerprint density at radius 2 is 2.21 bits per heavy atom. The van der Waals surface area contributed by atoms with Crippen LogP contribution in [-0.2, 0) is 0 Å². The zero-order valence-corrected chi connectivity index (χ0v) is 12.6. The van der Waals surface area contributed by atoms with E-state index in [9.17, 15) is 4.79 Å². The molecule has 0 saturated heterocycles. The van der Waals surface area contributed by atoms with Crippen molar-refractivity contribution in [2.45, 2.75) is 32.2 Å². The van der Waals surface area contributed by atoms with Crippen molar-refractivity contribution in [3.05, 3.63) is 34.3 Å².